The van der Waals surface area contributed by atoms with Gasteiger partial charge in [0.15, 0.2) is 0 Å². The Bertz CT molecular complexity index is 918. The molecule has 0 saturated carbocycles. The van der Waals surface area contributed by atoms with Crippen molar-refractivity contribution in [2.45, 2.75) is 39.2 Å². The molecule has 0 aromatic heterocycles. The van der Waals surface area contributed by atoms with Crippen LogP contribution in [0.15, 0.2) is 48.5 Å². The average molecular weight is 424 g/mol. The second-order valence-corrected chi connectivity index (χ2v) is 7.54. The fourth-order valence-electron chi connectivity index (χ4n) is 3.54. The number of benzene rings is 2. The third-order valence-electron chi connectivity index (χ3n) is 5.37. The van der Waals surface area contributed by atoms with Crippen LogP contribution in [0, 0.1) is 6.92 Å². The fraction of sp³-hybridized carbons (Fsp3) is 0.375. The molecule has 1 heterocycles. The summed E-state index contributed by atoms with van der Waals surface area (Å²) in [5.41, 5.74) is 2.66. The molecule has 2 aromatic carbocycles. The molecule has 3 rings (SSSR count). The van der Waals surface area contributed by atoms with Gasteiger partial charge in [0.2, 0.25) is 5.91 Å². The highest BCUT2D eigenvalue weighted by Gasteiger charge is 2.24. The lowest BCUT2D eigenvalue weighted by molar-refractivity contribution is -0.131. The van der Waals surface area contributed by atoms with Crippen LogP contribution >= 0.6 is 0 Å². The van der Waals surface area contributed by atoms with Gasteiger partial charge in [-0.3, -0.25) is 9.59 Å². The lowest BCUT2D eigenvalue weighted by Crippen LogP contribution is -2.47. The molecule has 164 valence electrons. The lowest BCUT2D eigenvalue weighted by atomic mass is 10.0. The zero-order chi connectivity index (χ0) is 22.2. The summed E-state index contributed by atoms with van der Waals surface area (Å²) in [7, 11) is 0. The highest BCUT2D eigenvalue weighted by atomic mass is 16.7. The molecule has 1 N–H and O–H groups in total. The number of likely N-dealkylation sites (tertiary alicyclic amines) is 1. The van der Waals surface area contributed by atoms with Crippen molar-refractivity contribution >= 4 is 18.0 Å². The molecule has 0 radical (unpaired) electrons. The van der Waals surface area contributed by atoms with Crippen molar-refractivity contribution in [3.8, 4) is 5.75 Å². The van der Waals surface area contributed by atoms with E-state index in [0.29, 0.717) is 30.8 Å². The quantitative estimate of drug-likeness (QED) is 0.567. The van der Waals surface area contributed by atoms with Crippen molar-refractivity contribution in [2.75, 3.05) is 19.7 Å². The van der Waals surface area contributed by atoms with E-state index in [1.54, 1.807) is 31.2 Å². The topological polar surface area (TPSA) is 84.9 Å². The van der Waals surface area contributed by atoms with Crippen LogP contribution in [-0.2, 0) is 16.0 Å². The highest BCUT2D eigenvalue weighted by Crippen LogP contribution is 2.16. The average Bonchev–Trinajstić information content (AvgIpc) is 2.76. The van der Waals surface area contributed by atoms with Crippen LogP contribution in [0.25, 0.3) is 0 Å². The molecular formula is C24H28N2O5. The van der Waals surface area contributed by atoms with E-state index in [0.717, 1.165) is 24.0 Å². The number of nitrogens with one attached hydrogen (secondary N) is 1. The van der Waals surface area contributed by atoms with E-state index in [4.69, 9.17) is 9.47 Å². The van der Waals surface area contributed by atoms with E-state index < -0.39 is 6.16 Å². The van der Waals surface area contributed by atoms with Gasteiger partial charge in [0, 0.05) is 24.7 Å². The molecule has 0 unspecified atom stereocenters. The van der Waals surface area contributed by atoms with Crippen molar-refractivity contribution in [3.63, 3.8) is 0 Å². The van der Waals surface area contributed by atoms with Gasteiger partial charge in [0.1, 0.15) is 5.75 Å². The molecule has 1 aliphatic heterocycles. The normalized spacial score (nSPS) is 14.1. The summed E-state index contributed by atoms with van der Waals surface area (Å²) in [5.74, 6) is 0.249. The van der Waals surface area contributed by atoms with Gasteiger partial charge in [-0.25, -0.2) is 4.79 Å². The number of rotatable bonds is 6. The first-order chi connectivity index (χ1) is 15.0. The van der Waals surface area contributed by atoms with Crippen LogP contribution in [0.2, 0.25) is 0 Å². The molecule has 1 fully saturated rings. The Hall–Kier alpha value is -3.35. The van der Waals surface area contributed by atoms with E-state index in [1.165, 1.54) is 0 Å². The van der Waals surface area contributed by atoms with Gasteiger partial charge in [0.05, 0.1) is 13.0 Å². The van der Waals surface area contributed by atoms with Crippen LogP contribution in [0.4, 0.5) is 4.79 Å². The Morgan fingerprint density at radius 2 is 1.71 bits per heavy atom. The molecule has 7 nitrogen and oxygen atoms in total. The predicted molar refractivity (Wildman–Crippen MR) is 116 cm³/mol. The Morgan fingerprint density at radius 1 is 1.03 bits per heavy atom. The smallest absolute Gasteiger partial charge is 0.434 e. The minimum atomic E-state index is -0.775. The number of hydrogen-bond acceptors (Lipinski definition) is 5. The van der Waals surface area contributed by atoms with Gasteiger partial charge in [0.25, 0.3) is 5.91 Å². The zero-order valence-electron chi connectivity index (χ0n) is 17.9. The number of hydrogen-bond donors (Lipinski definition) is 1. The number of piperidine rings is 1. The molecular weight excluding hydrogens is 396 g/mol. The van der Waals surface area contributed by atoms with Gasteiger partial charge >= 0.3 is 6.16 Å². The number of ether oxygens (including phenoxy) is 2. The number of carbonyl (C=O) groups excluding carboxylic acids is 3. The second-order valence-electron chi connectivity index (χ2n) is 7.54. The summed E-state index contributed by atoms with van der Waals surface area (Å²) in [4.78, 5) is 38.3. The number of amides is 2. The Labute approximate surface area is 182 Å². The van der Waals surface area contributed by atoms with Crippen LogP contribution in [-0.4, -0.2) is 48.6 Å². The first-order valence-electron chi connectivity index (χ1n) is 10.5. The lowest BCUT2D eigenvalue weighted by Gasteiger charge is -2.32. The van der Waals surface area contributed by atoms with Crippen molar-refractivity contribution in [1.29, 1.82) is 0 Å². The molecule has 31 heavy (non-hydrogen) atoms. The van der Waals surface area contributed by atoms with Crippen molar-refractivity contribution in [2.24, 2.45) is 0 Å². The maximum absolute atomic E-state index is 12.6. The third kappa shape index (κ3) is 6.31. The highest BCUT2D eigenvalue weighted by molar-refractivity contribution is 5.94. The monoisotopic (exact) mass is 424 g/mol. The Balaban J connectivity index is 1.46. The summed E-state index contributed by atoms with van der Waals surface area (Å²) >= 11 is 0. The fourth-order valence-corrected chi connectivity index (χ4v) is 3.54. The molecule has 2 aromatic rings. The molecule has 0 aliphatic carbocycles. The summed E-state index contributed by atoms with van der Waals surface area (Å²) in [6.07, 6.45) is 1.07. The first-order valence-corrected chi connectivity index (χ1v) is 10.5. The molecule has 1 aliphatic rings. The zero-order valence-corrected chi connectivity index (χ0v) is 17.9. The summed E-state index contributed by atoms with van der Waals surface area (Å²) in [5, 5.41) is 3.02. The van der Waals surface area contributed by atoms with Crippen LogP contribution < -0.4 is 10.1 Å². The van der Waals surface area contributed by atoms with Crippen LogP contribution in [0.5, 0.6) is 5.75 Å². The third-order valence-corrected chi connectivity index (χ3v) is 5.37. The van der Waals surface area contributed by atoms with E-state index in [-0.39, 0.29) is 24.5 Å². The second kappa shape index (κ2) is 10.6. The first kappa shape index (κ1) is 22.3. The van der Waals surface area contributed by atoms with Crippen molar-refractivity contribution in [3.05, 3.63) is 65.2 Å². The van der Waals surface area contributed by atoms with Gasteiger partial charge in [-0.2, -0.15) is 0 Å². The van der Waals surface area contributed by atoms with Crippen LogP contribution in [0.3, 0.4) is 0 Å². The van der Waals surface area contributed by atoms with Gasteiger partial charge in [-0.15, -0.1) is 0 Å². The van der Waals surface area contributed by atoms with Gasteiger partial charge in [-0.1, -0.05) is 24.3 Å². The van der Waals surface area contributed by atoms with Gasteiger partial charge in [-0.05, 0) is 62.1 Å². The summed E-state index contributed by atoms with van der Waals surface area (Å²) in [6.45, 7) is 5.19. The largest absolute Gasteiger partial charge is 0.513 e. The van der Waals surface area contributed by atoms with Crippen molar-refractivity contribution in [1.82, 2.24) is 10.2 Å². The number of nitrogens with zero attached hydrogens (tertiary/aromatic N) is 1. The maximum Gasteiger partial charge on any atom is 0.513 e. The van der Waals surface area contributed by atoms with E-state index in [9.17, 15) is 14.4 Å². The molecule has 0 atom stereocenters. The number of aryl methyl sites for hydroxylation is 1. The molecule has 7 heteroatoms. The standard InChI is InChI=1S/C24H28N2O5/c1-3-30-24(29)31-21-10-8-18(9-11-21)23(28)25-20-12-14-26(15-13-20)22(27)16-19-7-5-4-6-17(19)2/h4-11,20H,3,12-16H2,1-2H3,(H,25,28). The Morgan fingerprint density at radius 3 is 2.35 bits per heavy atom. The minimum Gasteiger partial charge on any atom is -0.434 e. The number of carbonyl (C=O) groups is 3. The van der Waals surface area contributed by atoms with E-state index >= 15 is 0 Å². The van der Waals surface area contributed by atoms with Crippen LogP contribution in [0.1, 0.15) is 41.3 Å². The molecule has 1 saturated heterocycles. The molecule has 0 spiro atoms. The predicted octanol–water partition coefficient (Wildman–Crippen LogP) is 3.49. The summed E-state index contributed by atoms with van der Waals surface area (Å²) < 4.78 is 9.71. The summed E-state index contributed by atoms with van der Waals surface area (Å²) in [6, 6.07) is 14.3. The Kier molecular flexibility index (Phi) is 7.65. The SMILES string of the molecule is CCOC(=O)Oc1ccc(C(=O)NC2CCN(C(=O)Cc3ccccc3C)CC2)cc1. The van der Waals surface area contributed by atoms with E-state index in [1.807, 2.05) is 36.1 Å². The molecule has 0 bridgehead atoms. The van der Waals surface area contributed by atoms with Crippen molar-refractivity contribution < 1.29 is 23.9 Å². The van der Waals surface area contributed by atoms with Gasteiger partial charge < -0.3 is 19.7 Å². The molecule has 2 amide bonds. The van der Waals surface area contributed by atoms with E-state index in [2.05, 4.69) is 5.32 Å². The minimum absolute atomic E-state index is 0.0190. The maximum atomic E-state index is 12.6.